The summed E-state index contributed by atoms with van der Waals surface area (Å²) < 4.78 is 0. The first kappa shape index (κ1) is 11.9. The lowest BCUT2D eigenvalue weighted by molar-refractivity contribution is -0.118. The van der Waals surface area contributed by atoms with Crippen molar-refractivity contribution in [2.24, 2.45) is 5.41 Å². The van der Waals surface area contributed by atoms with E-state index < -0.39 is 0 Å². The van der Waals surface area contributed by atoms with Crippen LogP contribution < -0.4 is 0 Å². The second kappa shape index (κ2) is 5.06. The van der Waals surface area contributed by atoms with Crippen LogP contribution in [-0.2, 0) is 11.2 Å². The zero-order valence-corrected chi connectivity index (χ0v) is 9.79. The fraction of sp³-hybridized carbons (Fsp3) is 0.538. The molecule has 1 heterocycles. The Labute approximate surface area is 91.7 Å². The number of carbonyl (C=O) groups excluding carboxylic acids is 1. The van der Waals surface area contributed by atoms with Crippen molar-refractivity contribution in [3.63, 3.8) is 0 Å². The summed E-state index contributed by atoms with van der Waals surface area (Å²) in [4.78, 5) is 15.6. The highest BCUT2D eigenvalue weighted by molar-refractivity contribution is 5.80. The summed E-state index contributed by atoms with van der Waals surface area (Å²) in [7, 11) is 0. The fourth-order valence-electron chi connectivity index (χ4n) is 1.33. The first-order chi connectivity index (χ1) is 6.97. The van der Waals surface area contributed by atoms with E-state index in [1.165, 1.54) is 0 Å². The average molecular weight is 205 g/mol. The van der Waals surface area contributed by atoms with Crippen LogP contribution in [0.5, 0.6) is 0 Å². The Bertz CT molecular complexity index is 311. The molecule has 0 fully saturated rings. The third kappa shape index (κ3) is 5.31. The number of carbonyl (C=O) groups is 1. The largest absolute Gasteiger partial charge is 0.299 e. The van der Waals surface area contributed by atoms with E-state index in [1.54, 1.807) is 12.4 Å². The van der Waals surface area contributed by atoms with Crippen molar-refractivity contribution in [3.05, 3.63) is 30.1 Å². The predicted octanol–water partition coefficient (Wildman–Crippen LogP) is 3.02. The highest BCUT2D eigenvalue weighted by Crippen LogP contribution is 2.21. The first-order valence-corrected chi connectivity index (χ1v) is 5.38. The van der Waals surface area contributed by atoms with E-state index in [9.17, 15) is 4.79 Å². The van der Waals surface area contributed by atoms with E-state index in [2.05, 4.69) is 25.8 Å². The van der Waals surface area contributed by atoms with E-state index in [4.69, 9.17) is 0 Å². The summed E-state index contributed by atoms with van der Waals surface area (Å²) in [5.41, 5.74) is 1.30. The van der Waals surface area contributed by atoms with Crippen molar-refractivity contribution in [2.45, 2.75) is 40.0 Å². The summed E-state index contributed by atoms with van der Waals surface area (Å²) in [6, 6.07) is 3.80. The average Bonchev–Trinajstić information content (AvgIpc) is 2.15. The number of pyridine rings is 1. The molecule has 0 saturated carbocycles. The predicted molar refractivity (Wildman–Crippen MR) is 61.6 cm³/mol. The van der Waals surface area contributed by atoms with Crippen LogP contribution in [0.3, 0.4) is 0 Å². The van der Waals surface area contributed by atoms with E-state index in [1.807, 2.05) is 12.1 Å². The number of nitrogens with zero attached hydrogens (tertiary/aromatic N) is 1. The molecule has 0 N–H and O–H groups in total. The van der Waals surface area contributed by atoms with Gasteiger partial charge in [-0.3, -0.25) is 9.78 Å². The van der Waals surface area contributed by atoms with Crippen molar-refractivity contribution in [1.29, 1.82) is 0 Å². The Morgan fingerprint density at radius 1 is 1.27 bits per heavy atom. The molecule has 0 aliphatic rings. The van der Waals surface area contributed by atoms with E-state index in [0.29, 0.717) is 18.6 Å². The maximum Gasteiger partial charge on any atom is 0.137 e. The Morgan fingerprint density at radius 2 is 1.87 bits per heavy atom. The molecule has 0 aliphatic carbocycles. The Morgan fingerprint density at radius 3 is 2.40 bits per heavy atom. The lowest BCUT2D eigenvalue weighted by atomic mass is 9.89. The van der Waals surface area contributed by atoms with Gasteiger partial charge in [-0.15, -0.1) is 0 Å². The lowest BCUT2D eigenvalue weighted by Gasteiger charge is -2.16. The van der Waals surface area contributed by atoms with Gasteiger partial charge in [0, 0.05) is 25.2 Å². The van der Waals surface area contributed by atoms with Gasteiger partial charge in [-0.05, 0) is 29.5 Å². The fourth-order valence-corrected chi connectivity index (χ4v) is 1.33. The Balaban J connectivity index is 2.38. The highest BCUT2D eigenvalue weighted by atomic mass is 16.1. The van der Waals surface area contributed by atoms with Gasteiger partial charge in [0.05, 0.1) is 0 Å². The van der Waals surface area contributed by atoms with Crippen LogP contribution in [0.15, 0.2) is 24.5 Å². The van der Waals surface area contributed by atoms with Gasteiger partial charge in [-0.2, -0.15) is 0 Å². The molecule has 0 amide bonds. The van der Waals surface area contributed by atoms with Gasteiger partial charge in [0.15, 0.2) is 0 Å². The molecule has 0 aromatic carbocycles. The van der Waals surface area contributed by atoms with Crippen LogP contribution in [0.1, 0.15) is 39.2 Å². The molecular formula is C13H19NO. The standard InChI is InChI=1S/C13H19NO/c1-13(2,3)7-4-12(15)10-11-5-8-14-9-6-11/h5-6,8-9H,4,7,10H2,1-3H3. The molecule has 2 heteroatoms. The molecule has 15 heavy (non-hydrogen) atoms. The highest BCUT2D eigenvalue weighted by Gasteiger charge is 2.12. The number of hydrogen-bond donors (Lipinski definition) is 0. The van der Waals surface area contributed by atoms with Crippen molar-refractivity contribution >= 4 is 5.78 Å². The molecule has 0 bridgehead atoms. The summed E-state index contributed by atoms with van der Waals surface area (Å²) in [6.07, 6.45) is 5.63. The third-order valence-electron chi connectivity index (χ3n) is 2.30. The first-order valence-electron chi connectivity index (χ1n) is 5.38. The molecule has 0 spiro atoms. The van der Waals surface area contributed by atoms with Gasteiger partial charge < -0.3 is 0 Å². The molecule has 0 radical (unpaired) electrons. The molecule has 1 aromatic rings. The van der Waals surface area contributed by atoms with Crippen molar-refractivity contribution in [2.75, 3.05) is 0 Å². The Hall–Kier alpha value is -1.18. The van der Waals surface area contributed by atoms with Gasteiger partial charge in [-0.1, -0.05) is 20.8 Å². The number of hydrogen-bond acceptors (Lipinski definition) is 2. The van der Waals surface area contributed by atoms with Gasteiger partial charge in [0.2, 0.25) is 0 Å². The minimum atomic E-state index is 0.244. The molecule has 82 valence electrons. The number of aromatic nitrogens is 1. The lowest BCUT2D eigenvalue weighted by Crippen LogP contribution is -2.10. The van der Waals surface area contributed by atoms with Crippen LogP contribution in [0, 0.1) is 5.41 Å². The van der Waals surface area contributed by atoms with E-state index in [-0.39, 0.29) is 5.41 Å². The topological polar surface area (TPSA) is 30.0 Å². The minimum Gasteiger partial charge on any atom is -0.299 e. The minimum absolute atomic E-state index is 0.244. The van der Waals surface area contributed by atoms with Gasteiger partial charge in [0.25, 0.3) is 0 Å². The van der Waals surface area contributed by atoms with Crippen molar-refractivity contribution in [3.8, 4) is 0 Å². The van der Waals surface area contributed by atoms with Gasteiger partial charge >= 0.3 is 0 Å². The quantitative estimate of drug-likeness (QED) is 0.756. The smallest absolute Gasteiger partial charge is 0.137 e. The monoisotopic (exact) mass is 205 g/mol. The van der Waals surface area contributed by atoms with Gasteiger partial charge in [0.1, 0.15) is 5.78 Å². The molecule has 0 aliphatic heterocycles. The zero-order valence-electron chi connectivity index (χ0n) is 9.79. The van der Waals surface area contributed by atoms with E-state index in [0.717, 1.165) is 12.0 Å². The molecule has 1 aromatic heterocycles. The number of rotatable bonds is 4. The summed E-state index contributed by atoms with van der Waals surface area (Å²) >= 11 is 0. The second-order valence-electron chi connectivity index (χ2n) is 5.13. The molecule has 0 saturated heterocycles. The van der Waals surface area contributed by atoms with Crippen molar-refractivity contribution in [1.82, 2.24) is 4.98 Å². The van der Waals surface area contributed by atoms with Crippen LogP contribution in [0.4, 0.5) is 0 Å². The Kier molecular flexibility index (Phi) is 4.01. The number of ketones is 1. The maximum absolute atomic E-state index is 11.6. The molecule has 0 unspecified atom stereocenters. The summed E-state index contributed by atoms with van der Waals surface area (Å²) in [5.74, 6) is 0.316. The van der Waals surface area contributed by atoms with Crippen LogP contribution in [0.25, 0.3) is 0 Å². The molecule has 0 atom stereocenters. The maximum atomic E-state index is 11.6. The second-order valence-corrected chi connectivity index (χ2v) is 5.13. The SMILES string of the molecule is CC(C)(C)CCC(=O)Cc1ccncc1. The summed E-state index contributed by atoms with van der Waals surface area (Å²) in [5, 5.41) is 0. The van der Waals surface area contributed by atoms with Gasteiger partial charge in [-0.25, -0.2) is 0 Å². The molecule has 1 rings (SSSR count). The number of Topliss-reactive ketones (excluding diaryl/α,β-unsaturated/α-hetero) is 1. The van der Waals surface area contributed by atoms with Crippen molar-refractivity contribution < 1.29 is 4.79 Å². The van der Waals surface area contributed by atoms with Crippen LogP contribution >= 0.6 is 0 Å². The molecule has 2 nitrogen and oxygen atoms in total. The van der Waals surface area contributed by atoms with Crippen LogP contribution in [-0.4, -0.2) is 10.8 Å². The normalized spacial score (nSPS) is 11.4. The molecular weight excluding hydrogens is 186 g/mol. The zero-order chi connectivity index (χ0) is 11.3. The van der Waals surface area contributed by atoms with Crippen LogP contribution in [0.2, 0.25) is 0 Å². The summed E-state index contributed by atoms with van der Waals surface area (Å²) in [6.45, 7) is 6.48. The third-order valence-corrected chi connectivity index (χ3v) is 2.30. The van der Waals surface area contributed by atoms with E-state index >= 15 is 0 Å².